The van der Waals surface area contributed by atoms with Crippen LogP contribution >= 0.6 is 11.6 Å². The Kier molecular flexibility index (Phi) is 6.78. The van der Waals surface area contributed by atoms with Crippen molar-refractivity contribution in [2.75, 3.05) is 27.2 Å². The SMILES string of the molecule is CN(C)CCCNC(=O)CC1NC(=O)N(Cc2ccccc2Cl)C1=O. The van der Waals surface area contributed by atoms with Gasteiger partial charge in [0.25, 0.3) is 5.91 Å². The van der Waals surface area contributed by atoms with Gasteiger partial charge >= 0.3 is 6.03 Å². The first kappa shape index (κ1) is 19.2. The minimum absolute atomic E-state index is 0.0639. The van der Waals surface area contributed by atoms with Gasteiger partial charge in [0.1, 0.15) is 6.04 Å². The fraction of sp³-hybridized carbons (Fsp3) is 0.471. The van der Waals surface area contributed by atoms with E-state index >= 15 is 0 Å². The molecule has 2 N–H and O–H groups in total. The third-order valence-corrected chi connectivity index (χ3v) is 4.26. The predicted molar refractivity (Wildman–Crippen MR) is 95.1 cm³/mol. The maximum atomic E-state index is 12.4. The first-order valence-corrected chi connectivity index (χ1v) is 8.53. The minimum Gasteiger partial charge on any atom is -0.356 e. The largest absolute Gasteiger partial charge is 0.356 e. The number of hydrogen-bond donors (Lipinski definition) is 2. The zero-order valence-corrected chi connectivity index (χ0v) is 15.2. The summed E-state index contributed by atoms with van der Waals surface area (Å²) in [5.41, 5.74) is 0.682. The van der Waals surface area contributed by atoms with Crippen LogP contribution in [0.1, 0.15) is 18.4 Å². The Hall–Kier alpha value is -2.12. The van der Waals surface area contributed by atoms with Crippen LogP contribution in [0.15, 0.2) is 24.3 Å². The Morgan fingerprint density at radius 2 is 2.04 bits per heavy atom. The number of halogens is 1. The van der Waals surface area contributed by atoms with Crippen LogP contribution in [0.2, 0.25) is 5.02 Å². The lowest BCUT2D eigenvalue weighted by atomic mass is 10.1. The van der Waals surface area contributed by atoms with Crippen molar-refractivity contribution in [2.45, 2.75) is 25.4 Å². The van der Waals surface area contributed by atoms with Crippen LogP contribution in [-0.4, -0.2) is 60.9 Å². The molecule has 0 spiro atoms. The fourth-order valence-corrected chi connectivity index (χ4v) is 2.74. The molecule has 1 aromatic carbocycles. The van der Waals surface area contributed by atoms with Gasteiger partial charge < -0.3 is 15.5 Å². The van der Waals surface area contributed by atoms with E-state index in [9.17, 15) is 14.4 Å². The van der Waals surface area contributed by atoms with E-state index in [0.717, 1.165) is 17.9 Å². The monoisotopic (exact) mass is 366 g/mol. The van der Waals surface area contributed by atoms with Crippen LogP contribution in [0, 0.1) is 0 Å². The number of carbonyl (C=O) groups excluding carboxylic acids is 3. The molecule has 8 heteroatoms. The van der Waals surface area contributed by atoms with Crippen molar-refractivity contribution in [1.82, 2.24) is 20.4 Å². The number of nitrogens with one attached hydrogen (secondary N) is 2. The average Bonchev–Trinajstić information content (AvgIpc) is 2.81. The average molecular weight is 367 g/mol. The molecule has 0 aromatic heterocycles. The Morgan fingerprint density at radius 3 is 2.72 bits per heavy atom. The number of imide groups is 1. The number of hydrogen-bond acceptors (Lipinski definition) is 4. The highest BCUT2D eigenvalue weighted by atomic mass is 35.5. The first-order valence-electron chi connectivity index (χ1n) is 8.15. The number of carbonyl (C=O) groups is 3. The molecule has 0 aliphatic carbocycles. The number of rotatable bonds is 8. The van der Waals surface area contributed by atoms with Crippen molar-refractivity contribution in [1.29, 1.82) is 0 Å². The van der Waals surface area contributed by atoms with Gasteiger partial charge in [-0.1, -0.05) is 29.8 Å². The van der Waals surface area contributed by atoms with Gasteiger partial charge in [0.2, 0.25) is 5.91 Å². The number of benzene rings is 1. The Labute approximate surface area is 152 Å². The van der Waals surface area contributed by atoms with Crippen molar-refractivity contribution in [3.05, 3.63) is 34.9 Å². The maximum Gasteiger partial charge on any atom is 0.325 e. The molecular formula is C17H23ClN4O3. The van der Waals surface area contributed by atoms with Crippen molar-refractivity contribution < 1.29 is 14.4 Å². The Balaban J connectivity index is 1.86. The summed E-state index contributed by atoms with van der Waals surface area (Å²) in [6.45, 7) is 1.49. The van der Waals surface area contributed by atoms with E-state index in [1.807, 2.05) is 19.0 Å². The molecule has 0 radical (unpaired) electrons. The molecule has 7 nitrogen and oxygen atoms in total. The molecule has 136 valence electrons. The highest BCUT2D eigenvalue weighted by molar-refractivity contribution is 6.31. The van der Waals surface area contributed by atoms with Gasteiger partial charge in [-0.15, -0.1) is 0 Å². The summed E-state index contributed by atoms with van der Waals surface area (Å²) in [7, 11) is 3.92. The molecule has 1 saturated heterocycles. The molecular weight excluding hydrogens is 344 g/mol. The van der Waals surface area contributed by atoms with Crippen LogP contribution in [-0.2, 0) is 16.1 Å². The second kappa shape index (κ2) is 8.82. The molecule has 2 rings (SSSR count). The van der Waals surface area contributed by atoms with Crippen molar-refractivity contribution >= 4 is 29.4 Å². The molecule has 1 aromatic rings. The smallest absolute Gasteiger partial charge is 0.325 e. The number of amides is 4. The molecule has 1 aliphatic rings. The lowest BCUT2D eigenvalue weighted by Crippen LogP contribution is -2.37. The van der Waals surface area contributed by atoms with Crippen molar-refractivity contribution in [3.63, 3.8) is 0 Å². The van der Waals surface area contributed by atoms with Gasteiger partial charge in [0, 0.05) is 11.6 Å². The van der Waals surface area contributed by atoms with Crippen LogP contribution in [0.4, 0.5) is 4.79 Å². The van der Waals surface area contributed by atoms with E-state index in [1.54, 1.807) is 24.3 Å². The van der Waals surface area contributed by atoms with Gasteiger partial charge in [-0.2, -0.15) is 0 Å². The minimum atomic E-state index is -0.830. The quantitative estimate of drug-likeness (QED) is 0.535. The zero-order valence-electron chi connectivity index (χ0n) is 14.4. The lowest BCUT2D eigenvalue weighted by molar-refractivity contribution is -0.131. The van der Waals surface area contributed by atoms with E-state index < -0.39 is 18.0 Å². The molecule has 0 saturated carbocycles. The third kappa shape index (κ3) is 5.44. The lowest BCUT2D eigenvalue weighted by Gasteiger charge is -2.14. The molecule has 1 aliphatic heterocycles. The predicted octanol–water partition coefficient (Wildman–Crippen LogP) is 1.22. The molecule has 1 atom stereocenters. The van der Waals surface area contributed by atoms with Crippen LogP contribution < -0.4 is 10.6 Å². The van der Waals surface area contributed by atoms with Crippen molar-refractivity contribution in [3.8, 4) is 0 Å². The van der Waals surface area contributed by atoms with Crippen LogP contribution in [0.25, 0.3) is 0 Å². The summed E-state index contributed by atoms with van der Waals surface area (Å²) >= 11 is 6.07. The van der Waals surface area contributed by atoms with Gasteiger partial charge in [-0.05, 0) is 38.7 Å². The highest BCUT2D eigenvalue weighted by Crippen LogP contribution is 2.20. The first-order chi connectivity index (χ1) is 11.9. The van der Waals surface area contributed by atoms with E-state index in [1.165, 1.54) is 0 Å². The molecule has 25 heavy (non-hydrogen) atoms. The molecule has 4 amide bonds. The maximum absolute atomic E-state index is 12.4. The van der Waals surface area contributed by atoms with Gasteiger partial charge in [0.15, 0.2) is 0 Å². The summed E-state index contributed by atoms with van der Waals surface area (Å²) < 4.78 is 0. The summed E-state index contributed by atoms with van der Waals surface area (Å²) in [4.78, 5) is 39.5. The number of nitrogens with zero attached hydrogens (tertiary/aromatic N) is 2. The van der Waals surface area contributed by atoms with Gasteiger partial charge in [-0.3, -0.25) is 14.5 Å². The second-order valence-electron chi connectivity index (χ2n) is 6.23. The van der Waals surface area contributed by atoms with Crippen LogP contribution in [0.5, 0.6) is 0 Å². The van der Waals surface area contributed by atoms with E-state index in [0.29, 0.717) is 17.1 Å². The zero-order chi connectivity index (χ0) is 18.4. The summed E-state index contributed by atoms with van der Waals surface area (Å²) in [5, 5.41) is 5.81. The molecule has 1 fully saturated rings. The molecule has 1 unspecified atom stereocenters. The van der Waals surface area contributed by atoms with Crippen molar-refractivity contribution in [2.24, 2.45) is 0 Å². The Bertz CT molecular complexity index is 651. The summed E-state index contributed by atoms with van der Waals surface area (Å²) in [5.74, 6) is -0.662. The second-order valence-corrected chi connectivity index (χ2v) is 6.64. The number of urea groups is 1. The normalized spacial score (nSPS) is 17.1. The standard InChI is InChI=1S/C17H23ClN4O3/c1-21(2)9-5-8-19-15(23)10-14-16(24)22(17(25)20-14)11-12-6-3-4-7-13(12)18/h3-4,6-7,14H,5,8-11H2,1-2H3,(H,19,23)(H,20,25). The van der Waals surface area contributed by atoms with E-state index in [4.69, 9.17) is 11.6 Å². The third-order valence-electron chi connectivity index (χ3n) is 3.89. The summed E-state index contributed by atoms with van der Waals surface area (Å²) in [6, 6.07) is 5.69. The highest BCUT2D eigenvalue weighted by Gasteiger charge is 2.39. The van der Waals surface area contributed by atoms with Crippen LogP contribution in [0.3, 0.4) is 0 Å². The summed E-state index contributed by atoms with van der Waals surface area (Å²) in [6.07, 6.45) is 0.758. The van der Waals surface area contributed by atoms with Gasteiger partial charge in [0.05, 0.1) is 13.0 Å². The fourth-order valence-electron chi connectivity index (χ4n) is 2.54. The Morgan fingerprint density at radius 1 is 1.32 bits per heavy atom. The molecule has 1 heterocycles. The molecule has 0 bridgehead atoms. The topological polar surface area (TPSA) is 81.8 Å². The van der Waals surface area contributed by atoms with E-state index in [-0.39, 0.29) is 18.9 Å². The van der Waals surface area contributed by atoms with Gasteiger partial charge in [-0.25, -0.2) is 4.79 Å². The van der Waals surface area contributed by atoms with E-state index in [2.05, 4.69) is 10.6 Å².